The molecule has 202 valence electrons. The van der Waals surface area contributed by atoms with E-state index in [0.717, 1.165) is 4.90 Å². The zero-order chi connectivity index (χ0) is 27.8. The molecule has 2 aromatic carbocycles. The highest BCUT2D eigenvalue weighted by atomic mass is 127. The summed E-state index contributed by atoms with van der Waals surface area (Å²) in [6.07, 6.45) is 1.35. The number of hydrogen-bond acceptors (Lipinski definition) is 9. The Morgan fingerprint density at radius 1 is 0.947 bits per heavy atom. The molecule has 1 aliphatic heterocycles. The number of anilines is 1. The number of methoxy groups -OCH3 is 1. The molecular weight excluding hydrogens is 611 g/mol. The first kappa shape index (κ1) is 28.8. The van der Waals surface area contributed by atoms with Crippen LogP contribution in [-0.2, 0) is 19.1 Å². The monoisotopic (exact) mass is 638 g/mol. The largest absolute Gasteiger partial charge is 0.494 e. The fraction of sp³-hybridized carbons (Fsp3) is 0.308. The third kappa shape index (κ3) is 6.54. The number of ether oxygens (including phenoxy) is 5. The number of carbonyl (C=O) groups is 4. The summed E-state index contributed by atoms with van der Waals surface area (Å²) in [5.74, 6) is -0.953. The second kappa shape index (κ2) is 13.1. The molecule has 0 radical (unpaired) electrons. The van der Waals surface area contributed by atoms with Gasteiger partial charge in [0.15, 0.2) is 18.1 Å². The highest BCUT2D eigenvalue weighted by Gasteiger charge is 2.38. The van der Waals surface area contributed by atoms with E-state index < -0.39 is 23.8 Å². The van der Waals surface area contributed by atoms with Crippen molar-refractivity contribution in [1.82, 2.24) is 5.32 Å². The maximum Gasteiger partial charge on any atom is 0.343 e. The number of nitrogens with zero attached hydrogens (tertiary/aromatic N) is 1. The van der Waals surface area contributed by atoms with Gasteiger partial charge >= 0.3 is 12.0 Å². The third-order valence-electron chi connectivity index (χ3n) is 5.09. The SMILES string of the molecule is CCOc1ccc(OCC)c(N2C(=O)NC(=O)/C(=C\c3cc(I)c(OCC(=O)OC)c(OCC)c3)C2=O)c1. The van der Waals surface area contributed by atoms with E-state index in [4.69, 9.17) is 18.9 Å². The summed E-state index contributed by atoms with van der Waals surface area (Å²) in [5, 5.41) is 2.21. The molecule has 1 heterocycles. The van der Waals surface area contributed by atoms with Gasteiger partial charge in [0, 0.05) is 6.07 Å². The number of halogens is 1. The van der Waals surface area contributed by atoms with Crippen LogP contribution in [0.5, 0.6) is 23.0 Å². The summed E-state index contributed by atoms with van der Waals surface area (Å²) in [4.78, 5) is 51.4. The van der Waals surface area contributed by atoms with Gasteiger partial charge in [0.25, 0.3) is 11.8 Å². The van der Waals surface area contributed by atoms with Gasteiger partial charge in [-0.05, 0) is 79.3 Å². The smallest absolute Gasteiger partial charge is 0.343 e. The Bertz CT molecular complexity index is 1280. The molecule has 12 heteroatoms. The van der Waals surface area contributed by atoms with Gasteiger partial charge in [0.2, 0.25) is 0 Å². The second-order valence-electron chi connectivity index (χ2n) is 7.58. The summed E-state index contributed by atoms with van der Waals surface area (Å²) >= 11 is 1.99. The minimum Gasteiger partial charge on any atom is -0.494 e. The van der Waals surface area contributed by atoms with Crippen molar-refractivity contribution >= 4 is 58.2 Å². The molecule has 0 saturated carbocycles. The second-order valence-corrected chi connectivity index (χ2v) is 8.74. The van der Waals surface area contributed by atoms with E-state index in [0.29, 0.717) is 39.6 Å². The lowest BCUT2D eigenvalue weighted by atomic mass is 10.1. The minimum absolute atomic E-state index is 0.134. The van der Waals surface area contributed by atoms with E-state index >= 15 is 0 Å². The molecule has 0 aliphatic carbocycles. The van der Waals surface area contributed by atoms with Gasteiger partial charge < -0.3 is 23.7 Å². The molecular formula is C26H27IN2O9. The van der Waals surface area contributed by atoms with Crippen LogP contribution in [0.3, 0.4) is 0 Å². The zero-order valence-electron chi connectivity index (χ0n) is 21.3. The van der Waals surface area contributed by atoms with Crippen LogP contribution in [0.1, 0.15) is 26.3 Å². The Morgan fingerprint density at radius 3 is 2.29 bits per heavy atom. The molecule has 1 N–H and O–H groups in total. The first-order chi connectivity index (χ1) is 18.2. The van der Waals surface area contributed by atoms with Crippen molar-refractivity contribution < 1.29 is 42.9 Å². The quantitative estimate of drug-likeness (QED) is 0.170. The van der Waals surface area contributed by atoms with Gasteiger partial charge in [-0.1, -0.05) is 0 Å². The van der Waals surface area contributed by atoms with Crippen LogP contribution < -0.4 is 29.2 Å². The van der Waals surface area contributed by atoms with Gasteiger partial charge in [-0.25, -0.2) is 14.5 Å². The molecule has 1 aliphatic rings. The first-order valence-corrected chi connectivity index (χ1v) is 12.8. The normalized spacial score (nSPS) is 14.3. The van der Waals surface area contributed by atoms with Gasteiger partial charge in [0.05, 0.1) is 36.2 Å². The van der Waals surface area contributed by atoms with Crippen LogP contribution in [0.25, 0.3) is 6.08 Å². The van der Waals surface area contributed by atoms with Crippen molar-refractivity contribution in [1.29, 1.82) is 0 Å². The van der Waals surface area contributed by atoms with E-state index in [1.807, 2.05) is 22.6 Å². The van der Waals surface area contributed by atoms with Crippen LogP contribution in [0, 0.1) is 3.57 Å². The molecule has 0 unspecified atom stereocenters. The Morgan fingerprint density at radius 2 is 1.63 bits per heavy atom. The van der Waals surface area contributed by atoms with E-state index in [9.17, 15) is 19.2 Å². The predicted octanol–water partition coefficient (Wildman–Crippen LogP) is 3.71. The topological polar surface area (TPSA) is 130 Å². The van der Waals surface area contributed by atoms with Gasteiger partial charge in [-0.15, -0.1) is 0 Å². The van der Waals surface area contributed by atoms with Gasteiger partial charge in [0.1, 0.15) is 17.1 Å². The number of barbiturate groups is 1. The van der Waals surface area contributed by atoms with Crippen LogP contribution >= 0.6 is 22.6 Å². The Kier molecular flexibility index (Phi) is 9.93. The molecule has 0 bridgehead atoms. The average Bonchev–Trinajstić information content (AvgIpc) is 2.87. The lowest BCUT2D eigenvalue weighted by Crippen LogP contribution is -2.54. The van der Waals surface area contributed by atoms with Crippen molar-refractivity contribution in [2.24, 2.45) is 0 Å². The molecule has 2 aromatic rings. The average molecular weight is 638 g/mol. The highest BCUT2D eigenvalue weighted by molar-refractivity contribution is 14.1. The first-order valence-electron chi connectivity index (χ1n) is 11.7. The van der Waals surface area contributed by atoms with Crippen LogP contribution in [0.15, 0.2) is 35.9 Å². The van der Waals surface area contributed by atoms with Crippen molar-refractivity contribution in [3.05, 3.63) is 45.0 Å². The van der Waals surface area contributed by atoms with Crippen LogP contribution in [0.4, 0.5) is 10.5 Å². The summed E-state index contributed by atoms with van der Waals surface area (Å²) in [7, 11) is 1.25. The van der Waals surface area contributed by atoms with Crippen molar-refractivity contribution in [2.75, 3.05) is 38.4 Å². The fourth-order valence-electron chi connectivity index (χ4n) is 3.51. The minimum atomic E-state index is -0.914. The summed E-state index contributed by atoms with van der Waals surface area (Å²) in [5.41, 5.74) is 0.286. The number of carbonyl (C=O) groups excluding carboxylic acids is 4. The predicted molar refractivity (Wildman–Crippen MR) is 146 cm³/mol. The molecule has 1 fully saturated rings. The van der Waals surface area contributed by atoms with E-state index in [-0.39, 0.29) is 30.2 Å². The molecule has 0 atom stereocenters. The molecule has 1 saturated heterocycles. The number of imide groups is 2. The van der Waals surface area contributed by atoms with Crippen molar-refractivity contribution in [2.45, 2.75) is 20.8 Å². The van der Waals surface area contributed by atoms with Gasteiger partial charge in [-0.2, -0.15) is 0 Å². The fourth-order valence-corrected chi connectivity index (χ4v) is 4.29. The lowest BCUT2D eigenvalue weighted by molar-refractivity contribution is -0.143. The number of benzene rings is 2. The highest BCUT2D eigenvalue weighted by Crippen LogP contribution is 2.37. The number of urea groups is 1. The van der Waals surface area contributed by atoms with E-state index in [2.05, 4.69) is 10.1 Å². The summed E-state index contributed by atoms with van der Waals surface area (Å²) in [6, 6.07) is 7.05. The van der Waals surface area contributed by atoms with Crippen LogP contribution in [0.2, 0.25) is 0 Å². The van der Waals surface area contributed by atoms with E-state index in [1.54, 1.807) is 45.0 Å². The zero-order valence-corrected chi connectivity index (χ0v) is 23.4. The Labute approximate surface area is 233 Å². The standard InChI is InChI=1S/C26H27IN2O9/c1-5-35-16-8-9-20(36-6-2)19(13-16)29-25(32)17(24(31)28-26(29)33)10-15-11-18(27)23(21(12-15)37-7-3)38-14-22(30)34-4/h8-13H,5-7,14H2,1-4H3,(H,28,31,33)/b17-10+. The molecule has 0 spiro atoms. The third-order valence-corrected chi connectivity index (χ3v) is 5.89. The maximum absolute atomic E-state index is 13.5. The number of rotatable bonds is 11. The summed E-state index contributed by atoms with van der Waals surface area (Å²) < 4.78 is 27.5. The Balaban J connectivity index is 2.04. The molecule has 4 amide bonds. The molecule has 11 nitrogen and oxygen atoms in total. The number of amides is 4. The number of hydrogen-bond donors (Lipinski definition) is 1. The molecule has 3 rings (SSSR count). The van der Waals surface area contributed by atoms with Crippen LogP contribution in [-0.4, -0.2) is 57.4 Å². The summed E-state index contributed by atoms with van der Waals surface area (Å²) in [6.45, 7) is 5.97. The van der Waals surface area contributed by atoms with Crippen molar-refractivity contribution in [3.8, 4) is 23.0 Å². The molecule has 0 aromatic heterocycles. The van der Waals surface area contributed by atoms with Crippen molar-refractivity contribution in [3.63, 3.8) is 0 Å². The molecule has 38 heavy (non-hydrogen) atoms. The lowest BCUT2D eigenvalue weighted by Gasteiger charge is -2.28. The van der Waals surface area contributed by atoms with Gasteiger partial charge in [-0.3, -0.25) is 14.9 Å². The maximum atomic E-state index is 13.5. The number of nitrogens with one attached hydrogen (secondary N) is 1. The number of esters is 1. The Hall–Kier alpha value is -3.81. The van der Waals surface area contributed by atoms with E-state index in [1.165, 1.54) is 19.3 Å².